The van der Waals surface area contributed by atoms with E-state index in [-0.39, 0.29) is 40.1 Å². The minimum Gasteiger partial charge on any atom is -0.493 e. The van der Waals surface area contributed by atoms with Crippen molar-refractivity contribution in [2.45, 2.75) is 13.8 Å². The number of carbonyl (C=O) groups excluding carboxylic acids is 3. The molecule has 0 N–H and O–H groups in total. The summed E-state index contributed by atoms with van der Waals surface area (Å²) < 4.78 is 16.8. The van der Waals surface area contributed by atoms with E-state index in [0.29, 0.717) is 16.3 Å². The first-order valence-corrected chi connectivity index (χ1v) is 13.0. The van der Waals surface area contributed by atoms with Gasteiger partial charge in [-0.05, 0) is 73.1 Å². The Morgan fingerprint density at radius 1 is 1.03 bits per heavy atom. The van der Waals surface area contributed by atoms with Gasteiger partial charge in [-0.15, -0.1) is 0 Å². The van der Waals surface area contributed by atoms with E-state index in [2.05, 4.69) is 0 Å². The van der Waals surface area contributed by atoms with Gasteiger partial charge < -0.3 is 14.2 Å². The van der Waals surface area contributed by atoms with Gasteiger partial charge in [-0.1, -0.05) is 47.5 Å². The molecule has 1 aliphatic rings. The fourth-order valence-electron chi connectivity index (χ4n) is 3.66. The highest BCUT2D eigenvalue weighted by Gasteiger charge is 2.35. The molecule has 0 aliphatic carbocycles. The Bertz CT molecular complexity index is 1460. The number of benzene rings is 3. The number of thioether (sulfide) groups is 1. The van der Waals surface area contributed by atoms with Crippen LogP contribution >= 0.6 is 35.0 Å². The van der Waals surface area contributed by atoms with Crippen LogP contribution in [-0.2, 0) is 4.79 Å². The fraction of sp³-hybridized carbons (Fsp3) is 0.179. The highest BCUT2D eigenvalue weighted by atomic mass is 35.5. The molecule has 10 heteroatoms. The van der Waals surface area contributed by atoms with Gasteiger partial charge >= 0.3 is 5.97 Å². The molecular weight excluding hydrogens is 549 g/mol. The lowest BCUT2D eigenvalue weighted by molar-refractivity contribution is -0.123. The monoisotopic (exact) mass is 571 g/mol. The number of imide groups is 1. The van der Waals surface area contributed by atoms with E-state index in [1.165, 1.54) is 31.4 Å². The molecule has 3 aromatic carbocycles. The number of halogens is 2. The van der Waals surface area contributed by atoms with Crippen molar-refractivity contribution in [1.82, 2.24) is 4.90 Å². The van der Waals surface area contributed by atoms with Gasteiger partial charge in [0.15, 0.2) is 11.5 Å². The van der Waals surface area contributed by atoms with Gasteiger partial charge in [0.2, 0.25) is 0 Å². The molecule has 196 valence electrons. The molecule has 0 atom stereocenters. The molecule has 0 spiro atoms. The maximum absolute atomic E-state index is 13.1. The molecule has 1 fully saturated rings. The predicted molar refractivity (Wildman–Crippen MR) is 149 cm³/mol. The van der Waals surface area contributed by atoms with Gasteiger partial charge in [-0.3, -0.25) is 14.5 Å². The molecule has 1 heterocycles. The molecule has 38 heavy (non-hydrogen) atoms. The van der Waals surface area contributed by atoms with Crippen LogP contribution in [0.1, 0.15) is 27.0 Å². The van der Waals surface area contributed by atoms with Crippen molar-refractivity contribution < 1.29 is 28.6 Å². The second-order valence-electron chi connectivity index (χ2n) is 8.34. The van der Waals surface area contributed by atoms with Gasteiger partial charge in [-0.2, -0.15) is 0 Å². The number of esters is 1. The number of methoxy groups -OCH3 is 1. The number of aryl methyl sites for hydroxylation is 2. The van der Waals surface area contributed by atoms with E-state index < -0.39 is 17.1 Å². The minimum atomic E-state index is -0.734. The zero-order chi connectivity index (χ0) is 27.4. The standard InChI is InChI=1S/C28H23Cl2NO6S/c1-16-7-8-17(2)23(13-16)36-12-11-31-26(32)24(38-28(31)34)14-18-5-4-6-22(35-3)25(18)37-27(33)20-10-9-19(29)15-21(20)30/h4-10,13-15H,11-12H2,1-3H3/b24-14-. The predicted octanol–water partition coefficient (Wildman–Crippen LogP) is 6.95. The van der Waals surface area contributed by atoms with Crippen molar-refractivity contribution in [3.05, 3.63) is 91.8 Å². The molecule has 1 aliphatic heterocycles. The average Bonchev–Trinajstić information content (AvgIpc) is 3.14. The van der Waals surface area contributed by atoms with Crippen LogP contribution < -0.4 is 14.2 Å². The highest BCUT2D eigenvalue weighted by molar-refractivity contribution is 8.18. The molecule has 0 radical (unpaired) electrons. The van der Waals surface area contributed by atoms with E-state index >= 15 is 0 Å². The summed E-state index contributed by atoms with van der Waals surface area (Å²) in [6, 6.07) is 15.2. The van der Waals surface area contributed by atoms with Crippen LogP contribution in [0.4, 0.5) is 4.79 Å². The first-order valence-electron chi connectivity index (χ1n) is 11.5. The fourth-order valence-corrected chi connectivity index (χ4v) is 5.00. The Kier molecular flexibility index (Phi) is 8.66. The second kappa shape index (κ2) is 11.9. The summed E-state index contributed by atoms with van der Waals surface area (Å²) in [6.07, 6.45) is 1.49. The van der Waals surface area contributed by atoms with Crippen LogP contribution in [0.3, 0.4) is 0 Å². The van der Waals surface area contributed by atoms with Crippen molar-refractivity contribution in [2.75, 3.05) is 20.3 Å². The van der Waals surface area contributed by atoms with Gasteiger partial charge in [0.05, 0.1) is 29.1 Å². The van der Waals surface area contributed by atoms with Crippen LogP contribution in [0.2, 0.25) is 10.0 Å². The van der Waals surface area contributed by atoms with E-state index in [4.69, 9.17) is 37.4 Å². The molecule has 2 amide bonds. The van der Waals surface area contributed by atoms with Crippen LogP contribution in [0.25, 0.3) is 6.08 Å². The Morgan fingerprint density at radius 2 is 1.82 bits per heavy atom. The smallest absolute Gasteiger partial charge is 0.345 e. The lowest BCUT2D eigenvalue weighted by Crippen LogP contribution is -2.32. The lowest BCUT2D eigenvalue weighted by Gasteiger charge is -2.15. The number of ether oxygens (including phenoxy) is 3. The summed E-state index contributed by atoms with van der Waals surface area (Å²) >= 11 is 12.9. The maximum atomic E-state index is 13.1. The zero-order valence-corrected chi connectivity index (χ0v) is 23.1. The van der Waals surface area contributed by atoms with Crippen molar-refractivity contribution in [3.8, 4) is 17.2 Å². The van der Waals surface area contributed by atoms with Crippen molar-refractivity contribution >= 4 is 58.2 Å². The SMILES string of the molecule is COc1cccc(/C=C2\SC(=O)N(CCOc3cc(C)ccc3C)C2=O)c1OC(=O)c1ccc(Cl)cc1Cl. The van der Waals surface area contributed by atoms with Gasteiger partial charge in [0.1, 0.15) is 12.4 Å². The molecule has 3 aromatic rings. The zero-order valence-electron chi connectivity index (χ0n) is 20.7. The molecule has 0 unspecified atom stereocenters. The largest absolute Gasteiger partial charge is 0.493 e. The topological polar surface area (TPSA) is 82.1 Å². The van der Waals surface area contributed by atoms with Crippen LogP contribution in [0.15, 0.2) is 59.5 Å². The van der Waals surface area contributed by atoms with Gasteiger partial charge in [0, 0.05) is 10.6 Å². The van der Waals surface area contributed by atoms with E-state index in [1.54, 1.807) is 18.2 Å². The van der Waals surface area contributed by atoms with Crippen LogP contribution in [0, 0.1) is 13.8 Å². The van der Waals surface area contributed by atoms with E-state index in [9.17, 15) is 14.4 Å². The first kappa shape index (κ1) is 27.6. The van der Waals surface area contributed by atoms with Crippen molar-refractivity contribution in [1.29, 1.82) is 0 Å². The van der Waals surface area contributed by atoms with Crippen LogP contribution in [-0.4, -0.2) is 42.3 Å². The van der Waals surface area contributed by atoms with E-state index in [1.807, 2.05) is 32.0 Å². The Balaban J connectivity index is 1.53. The third kappa shape index (κ3) is 6.15. The molecule has 4 rings (SSSR count). The normalized spacial score (nSPS) is 14.2. The number of rotatable bonds is 8. The minimum absolute atomic E-state index is 0.0797. The summed E-state index contributed by atoms with van der Waals surface area (Å²) in [4.78, 5) is 39.9. The summed E-state index contributed by atoms with van der Waals surface area (Å²) in [5, 5.41) is 0.0861. The summed E-state index contributed by atoms with van der Waals surface area (Å²) in [5.41, 5.74) is 2.49. The molecule has 0 bridgehead atoms. The number of para-hydroxylation sites is 1. The van der Waals surface area contributed by atoms with Crippen molar-refractivity contribution in [3.63, 3.8) is 0 Å². The van der Waals surface area contributed by atoms with Crippen LogP contribution in [0.5, 0.6) is 17.2 Å². The Hall–Kier alpha value is -3.46. The number of carbonyl (C=O) groups is 3. The molecule has 0 saturated carbocycles. The third-order valence-corrected chi connectivity index (χ3v) is 7.11. The third-order valence-electron chi connectivity index (χ3n) is 5.65. The molecular formula is C28H23Cl2NO6S. The van der Waals surface area contributed by atoms with Crippen molar-refractivity contribution in [2.24, 2.45) is 0 Å². The van der Waals surface area contributed by atoms with Gasteiger partial charge in [0.25, 0.3) is 11.1 Å². The number of amides is 2. The number of nitrogens with zero attached hydrogens (tertiary/aromatic N) is 1. The van der Waals surface area contributed by atoms with E-state index in [0.717, 1.165) is 27.8 Å². The molecule has 1 saturated heterocycles. The summed E-state index contributed by atoms with van der Waals surface area (Å²) in [5.74, 6) is -0.154. The highest BCUT2D eigenvalue weighted by Crippen LogP contribution is 2.38. The van der Waals surface area contributed by atoms with Gasteiger partial charge in [-0.25, -0.2) is 4.79 Å². The number of hydrogen-bond donors (Lipinski definition) is 0. The molecule has 7 nitrogen and oxygen atoms in total. The second-order valence-corrected chi connectivity index (χ2v) is 10.2. The lowest BCUT2D eigenvalue weighted by atomic mass is 10.1. The summed E-state index contributed by atoms with van der Waals surface area (Å²) in [6.45, 7) is 4.13. The Labute approximate surface area is 234 Å². The molecule has 0 aromatic heterocycles. The Morgan fingerprint density at radius 3 is 2.55 bits per heavy atom. The number of hydrogen-bond acceptors (Lipinski definition) is 7. The first-order chi connectivity index (χ1) is 18.2. The quantitative estimate of drug-likeness (QED) is 0.164. The summed E-state index contributed by atoms with van der Waals surface area (Å²) in [7, 11) is 1.43. The maximum Gasteiger partial charge on any atom is 0.345 e. The average molecular weight is 572 g/mol.